The first-order chi connectivity index (χ1) is 10.5. The molecule has 0 bridgehead atoms. The zero-order chi connectivity index (χ0) is 16.1. The SMILES string of the molecule is CC(=O)N(CCC(=O)Nc1c(C)cccc1C)C1CCCC1. The Bertz CT molecular complexity index is 528. The third-order valence-electron chi connectivity index (χ3n) is 4.50. The second-order valence-corrected chi connectivity index (χ2v) is 6.22. The van der Waals surface area contributed by atoms with E-state index in [1.807, 2.05) is 36.9 Å². The van der Waals surface area contributed by atoms with Crippen LogP contribution in [0, 0.1) is 13.8 Å². The molecule has 0 radical (unpaired) electrons. The van der Waals surface area contributed by atoms with Crippen molar-refractivity contribution >= 4 is 17.5 Å². The molecule has 0 aromatic heterocycles. The lowest BCUT2D eigenvalue weighted by Crippen LogP contribution is -2.39. The zero-order valence-corrected chi connectivity index (χ0v) is 13.8. The van der Waals surface area contributed by atoms with Gasteiger partial charge in [0, 0.05) is 31.6 Å². The fourth-order valence-corrected chi connectivity index (χ4v) is 3.25. The van der Waals surface area contributed by atoms with Gasteiger partial charge >= 0.3 is 0 Å². The molecule has 0 atom stereocenters. The predicted molar refractivity (Wildman–Crippen MR) is 88.8 cm³/mol. The standard InChI is InChI=1S/C18H26N2O2/c1-13-7-6-8-14(2)18(13)19-17(22)11-12-20(15(3)21)16-9-4-5-10-16/h6-8,16H,4-5,9-12H2,1-3H3,(H,19,22). The minimum Gasteiger partial charge on any atom is -0.339 e. The van der Waals surface area contributed by atoms with Crippen LogP contribution < -0.4 is 5.32 Å². The monoisotopic (exact) mass is 302 g/mol. The van der Waals surface area contributed by atoms with Crippen LogP contribution in [0.1, 0.15) is 50.2 Å². The second kappa shape index (κ2) is 7.43. The van der Waals surface area contributed by atoms with E-state index in [4.69, 9.17) is 0 Å². The molecule has 0 spiro atoms. The summed E-state index contributed by atoms with van der Waals surface area (Å²) in [6.07, 6.45) is 4.85. The molecule has 1 aliphatic rings. The number of hydrogen-bond acceptors (Lipinski definition) is 2. The molecule has 1 aromatic rings. The van der Waals surface area contributed by atoms with Crippen molar-refractivity contribution in [2.75, 3.05) is 11.9 Å². The lowest BCUT2D eigenvalue weighted by molar-refractivity contribution is -0.131. The number of aryl methyl sites for hydroxylation is 2. The van der Waals surface area contributed by atoms with Gasteiger partial charge in [-0.15, -0.1) is 0 Å². The number of carbonyl (C=O) groups excluding carboxylic acids is 2. The molecular formula is C18H26N2O2. The Morgan fingerprint density at radius 2 is 1.77 bits per heavy atom. The van der Waals surface area contributed by atoms with Gasteiger partial charge < -0.3 is 10.2 Å². The van der Waals surface area contributed by atoms with E-state index in [0.717, 1.165) is 29.7 Å². The molecule has 1 fully saturated rings. The van der Waals surface area contributed by atoms with Gasteiger partial charge in [0.15, 0.2) is 0 Å². The van der Waals surface area contributed by atoms with Crippen LogP contribution in [-0.2, 0) is 9.59 Å². The summed E-state index contributed by atoms with van der Waals surface area (Å²) >= 11 is 0. The molecule has 1 N–H and O–H groups in total. The van der Waals surface area contributed by atoms with E-state index < -0.39 is 0 Å². The molecule has 22 heavy (non-hydrogen) atoms. The highest BCUT2D eigenvalue weighted by Gasteiger charge is 2.24. The van der Waals surface area contributed by atoms with Gasteiger partial charge in [0.05, 0.1) is 0 Å². The normalized spacial score (nSPS) is 14.9. The molecule has 1 aliphatic carbocycles. The fraction of sp³-hybridized carbons (Fsp3) is 0.556. The molecule has 0 aliphatic heterocycles. The minimum atomic E-state index is -0.0263. The molecule has 1 saturated carbocycles. The fourth-order valence-electron chi connectivity index (χ4n) is 3.25. The lowest BCUT2D eigenvalue weighted by Gasteiger charge is -2.27. The molecule has 2 amide bonds. The molecule has 4 nitrogen and oxygen atoms in total. The smallest absolute Gasteiger partial charge is 0.226 e. The van der Waals surface area contributed by atoms with Crippen molar-refractivity contribution in [1.82, 2.24) is 4.90 Å². The number of carbonyl (C=O) groups is 2. The summed E-state index contributed by atoms with van der Waals surface area (Å²) in [6, 6.07) is 6.29. The third-order valence-corrected chi connectivity index (χ3v) is 4.50. The number of benzene rings is 1. The van der Waals surface area contributed by atoms with E-state index in [-0.39, 0.29) is 11.8 Å². The number of hydrogen-bond donors (Lipinski definition) is 1. The largest absolute Gasteiger partial charge is 0.339 e. The summed E-state index contributed by atoms with van der Waals surface area (Å²) < 4.78 is 0. The lowest BCUT2D eigenvalue weighted by atomic mass is 10.1. The van der Waals surface area contributed by atoms with E-state index in [1.165, 1.54) is 12.8 Å². The summed E-state index contributed by atoms with van der Waals surface area (Å²) in [4.78, 5) is 25.9. The topological polar surface area (TPSA) is 49.4 Å². The van der Waals surface area contributed by atoms with E-state index >= 15 is 0 Å². The van der Waals surface area contributed by atoms with Gasteiger partial charge in [-0.25, -0.2) is 0 Å². The Hall–Kier alpha value is -1.84. The molecule has 0 unspecified atom stereocenters. The molecule has 2 rings (SSSR count). The number of nitrogens with one attached hydrogen (secondary N) is 1. The molecule has 120 valence electrons. The Kier molecular flexibility index (Phi) is 5.58. The number of para-hydroxylation sites is 1. The van der Waals surface area contributed by atoms with Crippen molar-refractivity contribution in [3.63, 3.8) is 0 Å². The maximum Gasteiger partial charge on any atom is 0.226 e. The van der Waals surface area contributed by atoms with Gasteiger partial charge in [-0.05, 0) is 37.8 Å². The van der Waals surface area contributed by atoms with Crippen molar-refractivity contribution in [2.45, 2.75) is 58.9 Å². The van der Waals surface area contributed by atoms with E-state index in [2.05, 4.69) is 5.32 Å². The van der Waals surface area contributed by atoms with Crippen LogP contribution in [0.4, 0.5) is 5.69 Å². The van der Waals surface area contributed by atoms with Crippen molar-refractivity contribution in [1.29, 1.82) is 0 Å². The van der Waals surface area contributed by atoms with Crippen LogP contribution >= 0.6 is 0 Å². The first-order valence-electron chi connectivity index (χ1n) is 8.12. The number of nitrogens with zero attached hydrogens (tertiary/aromatic N) is 1. The summed E-state index contributed by atoms with van der Waals surface area (Å²) in [6.45, 7) is 6.09. The predicted octanol–water partition coefficient (Wildman–Crippen LogP) is 3.42. The summed E-state index contributed by atoms with van der Waals surface area (Å²) in [7, 11) is 0. The van der Waals surface area contributed by atoms with Crippen LogP contribution in [0.5, 0.6) is 0 Å². The number of rotatable bonds is 5. The highest BCUT2D eigenvalue weighted by molar-refractivity contribution is 5.92. The van der Waals surface area contributed by atoms with Crippen molar-refractivity contribution < 1.29 is 9.59 Å². The average molecular weight is 302 g/mol. The third kappa shape index (κ3) is 4.09. The first-order valence-corrected chi connectivity index (χ1v) is 8.12. The second-order valence-electron chi connectivity index (χ2n) is 6.22. The maximum atomic E-state index is 12.2. The van der Waals surface area contributed by atoms with Gasteiger partial charge in [-0.2, -0.15) is 0 Å². The van der Waals surface area contributed by atoms with E-state index in [9.17, 15) is 9.59 Å². The molecule has 0 heterocycles. The number of anilines is 1. The summed E-state index contributed by atoms with van der Waals surface area (Å²) in [5.41, 5.74) is 3.02. The van der Waals surface area contributed by atoms with Gasteiger partial charge in [-0.3, -0.25) is 9.59 Å². The maximum absolute atomic E-state index is 12.2. The Balaban J connectivity index is 1.92. The van der Waals surface area contributed by atoms with Gasteiger partial charge in [0.1, 0.15) is 0 Å². The highest BCUT2D eigenvalue weighted by Crippen LogP contribution is 2.24. The summed E-state index contributed by atoms with van der Waals surface area (Å²) in [5.74, 6) is 0.0495. The van der Waals surface area contributed by atoms with E-state index in [0.29, 0.717) is 19.0 Å². The van der Waals surface area contributed by atoms with Crippen molar-refractivity contribution in [2.24, 2.45) is 0 Å². The van der Waals surface area contributed by atoms with Crippen LogP contribution in [0.15, 0.2) is 18.2 Å². The van der Waals surface area contributed by atoms with Crippen LogP contribution in [-0.4, -0.2) is 29.3 Å². The zero-order valence-electron chi connectivity index (χ0n) is 13.8. The molecule has 0 saturated heterocycles. The van der Waals surface area contributed by atoms with Crippen molar-refractivity contribution in [3.05, 3.63) is 29.3 Å². The van der Waals surface area contributed by atoms with Gasteiger partial charge in [-0.1, -0.05) is 31.0 Å². The van der Waals surface area contributed by atoms with Gasteiger partial charge in [0.2, 0.25) is 11.8 Å². The van der Waals surface area contributed by atoms with Crippen LogP contribution in [0.25, 0.3) is 0 Å². The summed E-state index contributed by atoms with van der Waals surface area (Å²) in [5, 5.41) is 2.99. The highest BCUT2D eigenvalue weighted by atomic mass is 16.2. The first kappa shape index (κ1) is 16.5. The van der Waals surface area contributed by atoms with Gasteiger partial charge in [0.25, 0.3) is 0 Å². The Morgan fingerprint density at radius 3 is 2.32 bits per heavy atom. The van der Waals surface area contributed by atoms with E-state index in [1.54, 1.807) is 6.92 Å². The Morgan fingerprint density at radius 1 is 1.18 bits per heavy atom. The van der Waals surface area contributed by atoms with Crippen molar-refractivity contribution in [3.8, 4) is 0 Å². The molecular weight excluding hydrogens is 276 g/mol. The average Bonchev–Trinajstić information content (AvgIpc) is 2.97. The molecule has 4 heteroatoms. The van der Waals surface area contributed by atoms with Crippen LogP contribution in [0.2, 0.25) is 0 Å². The van der Waals surface area contributed by atoms with Crippen LogP contribution in [0.3, 0.4) is 0 Å². The Labute approximate surface area is 132 Å². The molecule has 1 aromatic carbocycles. The minimum absolute atomic E-state index is 0.0263. The quantitative estimate of drug-likeness (QED) is 0.906. The number of amides is 2.